The molecule has 0 unspecified atom stereocenters. The number of aromatic nitrogens is 2. The molecular weight excluding hydrogens is 296 g/mol. The molecule has 4 heteroatoms. The summed E-state index contributed by atoms with van der Waals surface area (Å²) >= 11 is 0. The van der Waals surface area contributed by atoms with Crippen molar-refractivity contribution in [1.82, 2.24) is 9.97 Å². The number of aryl methyl sites for hydroxylation is 1. The van der Waals surface area contributed by atoms with Crippen LogP contribution in [0.4, 0.5) is 5.82 Å². The fourth-order valence-electron chi connectivity index (χ4n) is 4.24. The van der Waals surface area contributed by atoms with E-state index in [1.54, 1.807) is 6.20 Å². The molecule has 0 aromatic carbocycles. The second kappa shape index (κ2) is 6.32. The van der Waals surface area contributed by atoms with Crippen molar-refractivity contribution in [3.63, 3.8) is 0 Å². The van der Waals surface area contributed by atoms with Gasteiger partial charge in [-0.3, -0.25) is 0 Å². The Balaban J connectivity index is 1.55. The predicted molar refractivity (Wildman–Crippen MR) is 95.1 cm³/mol. The number of hydrogen-bond donors (Lipinski definition) is 1. The average Bonchev–Trinajstić information content (AvgIpc) is 3.05. The van der Waals surface area contributed by atoms with Gasteiger partial charge in [0.1, 0.15) is 11.9 Å². The summed E-state index contributed by atoms with van der Waals surface area (Å²) in [4.78, 5) is 10.6. The molecule has 2 aliphatic rings. The summed E-state index contributed by atoms with van der Waals surface area (Å²) in [6.45, 7) is 3.94. The van der Waals surface area contributed by atoms with Crippen LogP contribution < -0.4 is 4.90 Å². The SMILES string of the molecule is Cc1cc(C#N)cnc1N1CCc2[nH]c(C3CCCCC3)cc2C1. The second-order valence-electron chi connectivity index (χ2n) is 7.21. The minimum absolute atomic E-state index is 0.634. The van der Waals surface area contributed by atoms with Gasteiger partial charge in [0.25, 0.3) is 0 Å². The number of hydrogen-bond acceptors (Lipinski definition) is 3. The van der Waals surface area contributed by atoms with Gasteiger partial charge in [0.05, 0.1) is 5.56 Å². The van der Waals surface area contributed by atoms with E-state index >= 15 is 0 Å². The van der Waals surface area contributed by atoms with Gasteiger partial charge in [-0.2, -0.15) is 5.26 Å². The Bertz CT molecular complexity index is 777. The highest BCUT2D eigenvalue weighted by Crippen LogP contribution is 2.34. The molecule has 0 atom stereocenters. The number of pyridine rings is 1. The van der Waals surface area contributed by atoms with E-state index in [1.807, 2.05) is 13.0 Å². The number of rotatable bonds is 2. The molecule has 1 aliphatic heterocycles. The van der Waals surface area contributed by atoms with Crippen molar-refractivity contribution in [2.75, 3.05) is 11.4 Å². The van der Waals surface area contributed by atoms with Crippen molar-refractivity contribution >= 4 is 5.82 Å². The fraction of sp³-hybridized carbons (Fsp3) is 0.500. The van der Waals surface area contributed by atoms with Gasteiger partial charge < -0.3 is 9.88 Å². The van der Waals surface area contributed by atoms with Crippen LogP contribution in [0.2, 0.25) is 0 Å². The van der Waals surface area contributed by atoms with E-state index in [2.05, 4.69) is 27.0 Å². The van der Waals surface area contributed by atoms with Crippen molar-refractivity contribution < 1.29 is 0 Å². The molecule has 1 N–H and O–H groups in total. The normalized spacial score (nSPS) is 18.2. The van der Waals surface area contributed by atoms with Crippen molar-refractivity contribution in [2.45, 2.75) is 57.9 Å². The summed E-state index contributed by atoms with van der Waals surface area (Å²) in [5, 5.41) is 9.01. The maximum atomic E-state index is 9.01. The van der Waals surface area contributed by atoms with E-state index < -0.39 is 0 Å². The van der Waals surface area contributed by atoms with E-state index in [1.165, 1.54) is 49.1 Å². The topological polar surface area (TPSA) is 55.7 Å². The van der Waals surface area contributed by atoms with E-state index in [0.29, 0.717) is 5.56 Å². The first kappa shape index (κ1) is 15.3. The third-order valence-electron chi connectivity index (χ3n) is 5.53. The first-order valence-corrected chi connectivity index (χ1v) is 9.07. The van der Waals surface area contributed by atoms with Crippen molar-refractivity contribution in [3.8, 4) is 6.07 Å². The Morgan fingerprint density at radius 3 is 2.83 bits per heavy atom. The monoisotopic (exact) mass is 320 g/mol. The lowest BCUT2D eigenvalue weighted by Gasteiger charge is -2.29. The molecule has 1 saturated carbocycles. The molecule has 0 bridgehead atoms. The molecule has 0 radical (unpaired) electrons. The lowest BCUT2D eigenvalue weighted by atomic mass is 9.87. The number of nitrogens with one attached hydrogen (secondary N) is 1. The molecule has 4 rings (SSSR count). The van der Waals surface area contributed by atoms with Crippen molar-refractivity contribution in [3.05, 3.63) is 46.4 Å². The van der Waals surface area contributed by atoms with Crippen LogP contribution in [0.3, 0.4) is 0 Å². The Labute approximate surface area is 143 Å². The van der Waals surface area contributed by atoms with Gasteiger partial charge in [-0.25, -0.2) is 4.98 Å². The molecule has 0 amide bonds. The fourth-order valence-corrected chi connectivity index (χ4v) is 4.24. The van der Waals surface area contributed by atoms with Gasteiger partial charge in [0, 0.05) is 37.1 Å². The Hall–Kier alpha value is -2.28. The highest BCUT2D eigenvalue weighted by atomic mass is 15.2. The predicted octanol–water partition coefficient (Wildman–Crippen LogP) is 4.20. The molecule has 1 aliphatic carbocycles. The van der Waals surface area contributed by atoms with E-state index in [0.717, 1.165) is 36.8 Å². The Morgan fingerprint density at radius 2 is 2.08 bits per heavy atom. The van der Waals surface area contributed by atoms with Crippen LogP contribution in [-0.2, 0) is 13.0 Å². The van der Waals surface area contributed by atoms with Gasteiger partial charge in [-0.15, -0.1) is 0 Å². The number of aromatic amines is 1. The van der Waals surface area contributed by atoms with Crippen LogP contribution >= 0.6 is 0 Å². The van der Waals surface area contributed by atoms with Crippen LogP contribution in [0.5, 0.6) is 0 Å². The molecule has 0 spiro atoms. The van der Waals surface area contributed by atoms with Gasteiger partial charge in [-0.05, 0) is 48.9 Å². The van der Waals surface area contributed by atoms with Gasteiger partial charge in [-0.1, -0.05) is 19.3 Å². The zero-order valence-corrected chi connectivity index (χ0v) is 14.3. The lowest BCUT2D eigenvalue weighted by molar-refractivity contribution is 0.437. The zero-order chi connectivity index (χ0) is 16.5. The van der Waals surface area contributed by atoms with E-state index in [9.17, 15) is 0 Å². The Kier molecular flexibility index (Phi) is 4.02. The smallest absolute Gasteiger partial charge is 0.131 e. The molecule has 124 valence electrons. The molecule has 2 aromatic rings. The van der Waals surface area contributed by atoms with Gasteiger partial charge in [0.2, 0.25) is 0 Å². The molecular formula is C20H24N4. The molecule has 1 fully saturated rings. The number of nitriles is 1. The summed E-state index contributed by atoms with van der Waals surface area (Å²) in [6, 6.07) is 6.50. The van der Waals surface area contributed by atoms with Crippen LogP contribution in [0.15, 0.2) is 18.3 Å². The highest BCUT2D eigenvalue weighted by molar-refractivity contribution is 5.51. The van der Waals surface area contributed by atoms with Gasteiger partial charge in [0.15, 0.2) is 0 Å². The number of H-pyrrole nitrogens is 1. The van der Waals surface area contributed by atoms with E-state index in [-0.39, 0.29) is 0 Å². The molecule has 0 saturated heterocycles. The lowest BCUT2D eigenvalue weighted by Crippen LogP contribution is -2.31. The van der Waals surface area contributed by atoms with Crippen LogP contribution in [0.1, 0.15) is 66.1 Å². The zero-order valence-electron chi connectivity index (χ0n) is 14.3. The third kappa shape index (κ3) is 2.80. The van der Waals surface area contributed by atoms with E-state index in [4.69, 9.17) is 5.26 Å². The number of anilines is 1. The number of nitrogens with zero attached hydrogens (tertiary/aromatic N) is 3. The summed E-state index contributed by atoms with van der Waals surface area (Å²) in [5.41, 5.74) is 6.01. The minimum atomic E-state index is 0.634. The average molecular weight is 320 g/mol. The first-order valence-electron chi connectivity index (χ1n) is 9.07. The highest BCUT2D eigenvalue weighted by Gasteiger charge is 2.24. The maximum Gasteiger partial charge on any atom is 0.131 e. The molecule has 4 nitrogen and oxygen atoms in total. The summed E-state index contributed by atoms with van der Waals surface area (Å²) in [5.74, 6) is 1.74. The van der Waals surface area contributed by atoms with Crippen LogP contribution in [0.25, 0.3) is 0 Å². The standard InChI is InChI=1S/C20H24N4/c1-14-9-15(11-21)12-22-20(14)24-8-7-18-17(13-24)10-19(23-18)16-5-3-2-4-6-16/h9-10,12,16,23H,2-8,13H2,1H3. The van der Waals surface area contributed by atoms with Crippen molar-refractivity contribution in [2.24, 2.45) is 0 Å². The third-order valence-corrected chi connectivity index (χ3v) is 5.53. The second-order valence-corrected chi connectivity index (χ2v) is 7.21. The molecule has 2 aromatic heterocycles. The summed E-state index contributed by atoms with van der Waals surface area (Å²) in [6.07, 6.45) is 9.53. The summed E-state index contributed by atoms with van der Waals surface area (Å²) < 4.78 is 0. The molecule has 3 heterocycles. The first-order chi connectivity index (χ1) is 11.7. The number of fused-ring (bicyclic) bond motifs is 1. The van der Waals surface area contributed by atoms with Crippen molar-refractivity contribution in [1.29, 1.82) is 5.26 Å². The maximum absolute atomic E-state index is 9.01. The largest absolute Gasteiger partial charge is 0.362 e. The summed E-state index contributed by atoms with van der Waals surface area (Å²) in [7, 11) is 0. The molecule has 24 heavy (non-hydrogen) atoms. The van der Waals surface area contributed by atoms with Crippen LogP contribution in [-0.4, -0.2) is 16.5 Å². The van der Waals surface area contributed by atoms with Crippen LogP contribution in [0, 0.1) is 18.3 Å². The Morgan fingerprint density at radius 1 is 1.25 bits per heavy atom. The minimum Gasteiger partial charge on any atom is -0.362 e. The van der Waals surface area contributed by atoms with Gasteiger partial charge >= 0.3 is 0 Å². The quantitative estimate of drug-likeness (QED) is 0.902.